The van der Waals surface area contributed by atoms with Crippen molar-refractivity contribution in [2.45, 2.75) is 39.4 Å². The third kappa shape index (κ3) is 5.42. The number of hydrogen-bond donors (Lipinski definition) is 1. The van der Waals surface area contributed by atoms with Gasteiger partial charge >= 0.3 is 0 Å². The molecule has 0 saturated heterocycles. The van der Waals surface area contributed by atoms with E-state index in [4.69, 9.17) is 13.9 Å². The highest BCUT2D eigenvalue weighted by atomic mass is 16.7. The molecule has 4 aromatic rings. The Kier molecular flexibility index (Phi) is 7.07. The molecule has 2 amide bonds. The highest BCUT2D eigenvalue weighted by Gasteiger charge is 2.34. The molecular formula is C27H29N5O5. The topological polar surface area (TPSA) is 112 Å². The van der Waals surface area contributed by atoms with E-state index in [2.05, 4.69) is 29.5 Å². The van der Waals surface area contributed by atoms with Gasteiger partial charge in [-0.2, -0.15) is 0 Å². The maximum absolute atomic E-state index is 13.9. The standard InChI is InChI=1S/C27H29N5O5/c1-18(2)11-12-28-27(34)26(23-8-5-13-35-23)31(15-19-9-10-22-24(14-19)37-17-36-22)25(33)16-32-21-7-4-3-6-20(21)29-30-32/h3-10,13-14,18,26H,11-12,15-17H2,1-2H3,(H,28,34). The number of rotatable bonds is 10. The van der Waals surface area contributed by atoms with Crippen LogP contribution in [0.3, 0.4) is 0 Å². The lowest BCUT2D eigenvalue weighted by Crippen LogP contribution is -2.44. The van der Waals surface area contributed by atoms with Crippen LogP contribution in [0.15, 0.2) is 65.3 Å². The molecule has 2 aromatic carbocycles. The van der Waals surface area contributed by atoms with Gasteiger partial charge < -0.3 is 24.1 Å². The summed E-state index contributed by atoms with van der Waals surface area (Å²) in [5, 5.41) is 11.3. The van der Waals surface area contributed by atoms with E-state index in [9.17, 15) is 9.59 Å². The van der Waals surface area contributed by atoms with Crippen molar-refractivity contribution in [3.8, 4) is 11.5 Å². The molecule has 2 aromatic heterocycles. The Balaban J connectivity index is 1.48. The van der Waals surface area contributed by atoms with E-state index >= 15 is 0 Å². The van der Waals surface area contributed by atoms with Crippen molar-refractivity contribution in [3.63, 3.8) is 0 Å². The average molecular weight is 504 g/mol. The molecule has 0 bridgehead atoms. The van der Waals surface area contributed by atoms with Crippen LogP contribution in [0.2, 0.25) is 0 Å². The first-order valence-corrected chi connectivity index (χ1v) is 12.3. The van der Waals surface area contributed by atoms with E-state index in [-0.39, 0.29) is 31.7 Å². The summed E-state index contributed by atoms with van der Waals surface area (Å²) in [4.78, 5) is 28.9. The van der Waals surface area contributed by atoms with Gasteiger partial charge in [-0.25, -0.2) is 4.68 Å². The lowest BCUT2D eigenvalue weighted by Gasteiger charge is -2.30. The monoisotopic (exact) mass is 503 g/mol. The number of carbonyl (C=O) groups is 2. The smallest absolute Gasteiger partial charge is 0.250 e. The van der Waals surface area contributed by atoms with Crippen molar-refractivity contribution in [2.24, 2.45) is 5.92 Å². The Morgan fingerprint density at radius 2 is 1.92 bits per heavy atom. The molecule has 192 valence electrons. The van der Waals surface area contributed by atoms with Crippen LogP contribution in [-0.4, -0.2) is 45.0 Å². The number of aromatic nitrogens is 3. The summed E-state index contributed by atoms with van der Waals surface area (Å²) in [5.41, 5.74) is 2.20. The molecule has 1 atom stereocenters. The van der Waals surface area contributed by atoms with Crippen LogP contribution in [0.1, 0.15) is 37.6 Å². The summed E-state index contributed by atoms with van der Waals surface area (Å²) in [6, 6.07) is 15.3. The minimum Gasteiger partial charge on any atom is -0.467 e. The van der Waals surface area contributed by atoms with Crippen molar-refractivity contribution >= 4 is 22.8 Å². The Bertz CT molecular complexity index is 1380. The van der Waals surface area contributed by atoms with Gasteiger partial charge in [-0.15, -0.1) is 5.10 Å². The van der Waals surface area contributed by atoms with E-state index < -0.39 is 6.04 Å². The van der Waals surface area contributed by atoms with Crippen molar-refractivity contribution < 1.29 is 23.5 Å². The highest BCUT2D eigenvalue weighted by Crippen LogP contribution is 2.34. The molecule has 0 saturated carbocycles. The van der Waals surface area contributed by atoms with Gasteiger partial charge in [-0.3, -0.25) is 9.59 Å². The minimum absolute atomic E-state index is 0.0957. The van der Waals surface area contributed by atoms with Gasteiger partial charge in [0.2, 0.25) is 12.7 Å². The summed E-state index contributed by atoms with van der Waals surface area (Å²) >= 11 is 0. The number of nitrogens with one attached hydrogen (secondary N) is 1. The van der Waals surface area contributed by atoms with E-state index in [1.165, 1.54) is 11.2 Å². The maximum atomic E-state index is 13.9. The van der Waals surface area contributed by atoms with Crippen LogP contribution in [0.5, 0.6) is 11.5 Å². The molecule has 1 aliphatic heterocycles. The molecule has 10 heteroatoms. The first kappa shape index (κ1) is 24.4. The SMILES string of the molecule is CC(C)CCNC(=O)C(c1ccco1)N(Cc1ccc2c(c1)OCO2)C(=O)Cn1nnc2ccccc21. The molecule has 0 fully saturated rings. The lowest BCUT2D eigenvalue weighted by molar-refractivity contribution is -0.143. The van der Waals surface area contributed by atoms with E-state index in [1.807, 2.05) is 36.4 Å². The molecule has 5 rings (SSSR count). The summed E-state index contributed by atoms with van der Waals surface area (Å²) in [5.74, 6) is 1.42. The van der Waals surface area contributed by atoms with Gasteiger partial charge in [-0.05, 0) is 54.3 Å². The molecule has 1 N–H and O–H groups in total. The largest absolute Gasteiger partial charge is 0.467 e. The summed E-state index contributed by atoms with van der Waals surface area (Å²) in [7, 11) is 0. The fraction of sp³-hybridized carbons (Fsp3) is 0.333. The van der Waals surface area contributed by atoms with Gasteiger partial charge in [0.25, 0.3) is 5.91 Å². The van der Waals surface area contributed by atoms with Crippen LogP contribution in [-0.2, 0) is 22.7 Å². The zero-order valence-electron chi connectivity index (χ0n) is 20.8. The number of benzene rings is 2. The van der Waals surface area contributed by atoms with Gasteiger partial charge in [0.05, 0.1) is 11.8 Å². The number of carbonyl (C=O) groups excluding carboxylic acids is 2. The number of hydrogen-bond acceptors (Lipinski definition) is 7. The zero-order valence-corrected chi connectivity index (χ0v) is 20.8. The van der Waals surface area contributed by atoms with E-state index in [0.717, 1.165) is 17.5 Å². The molecular weight excluding hydrogens is 474 g/mol. The quantitative estimate of drug-likeness (QED) is 0.351. The van der Waals surface area contributed by atoms with Crippen LogP contribution < -0.4 is 14.8 Å². The van der Waals surface area contributed by atoms with Crippen molar-refractivity contribution in [1.29, 1.82) is 0 Å². The molecule has 10 nitrogen and oxygen atoms in total. The molecule has 0 aliphatic carbocycles. The Labute approximate surface area is 214 Å². The number of fused-ring (bicyclic) bond motifs is 2. The van der Waals surface area contributed by atoms with Crippen LogP contribution in [0.25, 0.3) is 11.0 Å². The van der Waals surface area contributed by atoms with Gasteiger partial charge in [0.1, 0.15) is 17.8 Å². The molecule has 0 radical (unpaired) electrons. The third-order valence-electron chi connectivity index (χ3n) is 6.21. The minimum atomic E-state index is -0.977. The normalized spacial score (nSPS) is 13.2. The fourth-order valence-electron chi connectivity index (χ4n) is 4.26. The Morgan fingerprint density at radius 1 is 1.08 bits per heavy atom. The van der Waals surface area contributed by atoms with Crippen LogP contribution in [0, 0.1) is 5.92 Å². The average Bonchev–Trinajstić information content (AvgIpc) is 3.65. The number of ether oxygens (including phenoxy) is 2. The Morgan fingerprint density at radius 3 is 2.73 bits per heavy atom. The predicted octanol–water partition coefficient (Wildman–Crippen LogP) is 3.69. The number of nitrogens with zero attached hydrogens (tertiary/aromatic N) is 4. The summed E-state index contributed by atoms with van der Waals surface area (Å²) in [6.45, 7) is 4.87. The molecule has 37 heavy (non-hydrogen) atoms. The van der Waals surface area contributed by atoms with Crippen molar-refractivity contribution in [3.05, 3.63) is 72.2 Å². The van der Waals surface area contributed by atoms with Crippen molar-refractivity contribution in [2.75, 3.05) is 13.3 Å². The van der Waals surface area contributed by atoms with Crippen LogP contribution in [0.4, 0.5) is 0 Å². The van der Waals surface area contributed by atoms with E-state index in [0.29, 0.717) is 35.2 Å². The lowest BCUT2D eigenvalue weighted by atomic mass is 10.1. The van der Waals surface area contributed by atoms with Gasteiger partial charge in [0.15, 0.2) is 17.5 Å². The second kappa shape index (κ2) is 10.7. The predicted molar refractivity (Wildman–Crippen MR) is 135 cm³/mol. The zero-order chi connectivity index (χ0) is 25.8. The van der Waals surface area contributed by atoms with Gasteiger partial charge in [0, 0.05) is 13.1 Å². The maximum Gasteiger partial charge on any atom is 0.250 e. The summed E-state index contributed by atoms with van der Waals surface area (Å²) < 4.78 is 18.1. The third-order valence-corrected chi connectivity index (χ3v) is 6.21. The fourth-order valence-corrected chi connectivity index (χ4v) is 4.26. The second-order valence-corrected chi connectivity index (χ2v) is 9.34. The van der Waals surface area contributed by atoms with Crippen LogP contribution >= 0.6 is 0 Å². The number of furan rings is 1. The second-order valence-electron chi connectivity index (χ2n) is 9.34. The summed E-state index contributed by atoms with van der Waals surface area (Å²) in [6.07, 6.45) is 2.32. The Hall–Kier alpha value is -4.34. The van der Waals surface area contributed by atoms with E-state index in [1.54, 1.807) is 22.9 Å². The molecule has 3 heterocycles. The number of para-hydroxylation sites is 1. The number of amides is 2. The highest BCUT2D eigenvalue weighted by molar-refractivity contribution is 5.88. The molecule has 1 aliphatic rings. The first-order valence-electron chi connectivity index (χ1n) is 12.3. The van der Waals surface area contributed by atoms with Crippen molar-refractivity contribution in [1.82, 2.24) is 25.2 Å². The molecule has 0 spiro atoms. The molecule has 1 unspecified atom stereocenters. The van der Waals surface area contributed by atoms with Gasteiger partial charge in [-0.1, -0.05) is 37.3 Å². The first-order chi connectivity index (χ1) is 18.0.